The predicted molar refractivity (Wildman–Crippen MR) is 137 cm³/mol. The summed E-state index contributed by atoms with van der Waals surface area (Å²) in [6.07, 6.45) is 1.43. The fourth-order valence-electron chi connectivity index (χ4n) is 3.91. The van der Waals surface area contributed by atoms with Crippen molar-refractivity contribution in [1.82, 2.24) is 10.3 Å². The number of nitrogens with one attached hydrogen (secondary N) is 1. The summed E-state index contributed by atoms with van der Waals surface area (Å²) in [6.45, 7) is 6.71. The molecule has 1 aromatic heterocycles. The quantitative estimate of drug-likeness (QED) is 0.468. The molecule has 0 bridgehead atoms. The fraction of sp³-hybridized carbons (Fsp3) is 0.346. The number of benzene rings is 2. The number of amides is 2. The van der Waals surface area contributed by atoms with Gasteiger partial charge >= 0.3 is 6.09 Å². The van der Waals surface area contributed by atoms with Crippen LogP contribution in [-0.2, 0) is 4.74 Å². The maximum Gasteiger partial charge on any atom is 0.407 e. The van der Waals surface area contributed by atoms with Gasteiger partial charge in [0.15, 0.2) is 5.13 Å². The molecule has 184 valence electrons. The standard InChI is InChI=1S/C26H30N4O4S/c1-26(2,3)34-25(32)28-16-18-8-7-15-30(18)24-29-21(22(35-24)23(27)31)17-11-13-20(14-12-17)33-19-9-5-4-6-10-19/h4-6,9-14,18H,7-8,15-16H2,1-3H3,(H2,27,31)(H,28,32). The second-order valence-electron chi connectivity index (χ2n) is 9.35. The zero-order valence-corrected chi connectivity index (χ0v) is 20.9. The molecule has 1 unspecified atom stereocenters. The molecule has 3 N–H and O–H groups in total. The van der Waals surface area contributed by atoms with E-state index < -0.39 is 17.6 Å². The Balaban J connectivity index is 1.50. The summed E-state index contributed by atoms with van der Waals surface area (Å²) in [5.41, 5.74) is 6.48. The number of carbonyl (C=O) groups is 2. The highest BCUT2D eigenvalue weighted by molar-refractivity contribution is 7.18. The Kier molecular flexibility index (Phi) is 7.25. The summed E-state index contributed by atoms with van der Waals surface area (Å²) >= 11 is 1.28. The van der Waals surface area contributed by atoms with Crippen LogP contribution in [0.2, 0.25) is 0 Å². The summed E-state index contributed by atoms with van der Waals surface area (Å²) in [4.78, 5) is 31.7. The predicted octanol–water partition coefficient (Wildman–Crippen LogP) is 5.19. The van der Waals surface area contributed by atoms with E-state index in [-0.39, 0.29) is 6.04 Å². The molecule has 8 nitrogen and oxygen atoms in total. The summed E-state index contributed by atoms with van der Waals surface area (Å²) in [5.74, 6) is 0.911. The number of carbonyl (C=O) groups excluding carboxylic acids is 2. The third kappa shape index (κ3) is 6.30. The van der Waals surface area contributed by atoms with Crippen LogP contribution in [0.3, 0.4) is 0 Å². The molecule has 4 rings (SSSR count). The van der Waals surface area contributed by atoms with E-state index in [2.05, 4.69) is 10.2 Å². The first-order valence-electron chi connectivity index (χ1n) is 11.6. The topological polar surface area (TPSA) is 107 Å². The molecule has 9 heteroatoms. The number of para-hydroxylation sites is 1. The first-order valence-corrected chi connectivity index (χ1v) is 12.4. The van der Waals surface area contributed by atoms with Gasteiger partial charge in [-0.25, -0.2) is 9.78 Å². The molecule has 0 aliphatic carbocycles. The van der Waals surface area contributed by atoms with Gasteiger partial charge in [0.25, 0.3) is 5.91 Å². The zero-order valence-electron chi connectivity index (χ0n) is 20.1. The Hall–Kier alpha value is -3.59. The zero-order chi connectivity index (χ0) is 25.0. The van der Waals surface area contributed by atoms with Crippen molar-refractivity contribution >= 4 is 28.5 Å². The number of hydrogen-bond acceptors (Lipinski definition) is 7. The van der Waals surface area contributed by atoms with E-state index in [1.165, 1.54) is 11.3 Å². The summed E-state index contributed by atoms with van der Waals surface area (Å²) in [6, 6.07) is 17.0. The lowest BCUT2D eigenvalue weighted by Gasteiger charge is -2.25. The number of aromatic nitrogens is 1. The van der Waals surface area contributed by atoms with Crippen molar-refractivity contribution in [3.05, 3.63) is 59.5 Å². The van der Waals surface area contributed by atoms with Gasteiger partial charge in [0.2, 0.25) is 0 Å². The second-order valence-corrected chi connectivity index (χ2v) is 10.3. The number of alkyl carbamates (subject to hydrolysis) is 1. The lowest BCUT2D eigenvalue weighted by molar-refractivity contribution is 0.0524. The number of nitrogens with two attached hydrogens (primary N) is 1. The monoisotopic (exact) mass is 494 g/mol. The highest BCUT2D eigenvalue weighted by atomic mass is 32.1. The second kappa shape index (κ2) is 10.4. The lowest BCUT2D eigenvalue weighted by Crippen LogP contribution is -2.42. The highest BCUT2D eigenvalue weighted by Crippen LogP contribution is 2.36. The minimum absolute atomic E-state index is 0.0592. The molecule has 1 aliphatic rings. The first-order chi connectivity index (χ1) is 16.7. The van der Waals surface area contributed by atoms with Gasteiger partial charge in [-0.1, -0.05) is 29.5 Å². The molecule has 3 aromatic rings. The van der Waals surface area contributed by atoms with Gasteiger partial charge in [-0.15, -0.1) is 0 Å². The summed E-state index contributed by atoms with van der Waals surface area (Å²) < 4.78 is 11.2. The number of thiazole rings is 1. The Bertz CT molecular complexity index is 1170. The number of hydrogen-bond donors (Lipinski definition) is 2. The minimum Gasteiger partial charge on any atom is -0.457 e. The summed E-state index contributed by atoms with van der Waals surface area (Å²) in [7, 11) is 0. The third-order valence-corrected chi connectivity index (χ3v) is 6.56. The largest absolute Gasteiger partial charge is 0.457 e. The molecular weight excluding hydrogens is 464 g/mol. The van der Waals surface area contributed by atoms with Crippen molar-refractivity contribution in [3.8, 4) is 22.8 Å². The van der Waals surface area contributed by atoms with E-state index in [0.717, 1.165) is 30.7 Å². The van der Waals surface area contributed by atoms with Crippen molar-refractivity contribution in [2.24, 2.45) is 5.73 Å². The number of nitrogens with zero attached hydrogens (tertiary/aromatic N) is 2. The Labute approximate surface area is 209 Å². The summed E-state index contributed by atoms with van der Waals surface area (Å²) in [5, 5.41) is 3.57. The van der Waals surface area contributed by atoms with E-state index in [1.54, 1.807) is 0 Å². The normalized spacial score (nSPS) is 15.6. The average molecular weight is 495 g/mol. The van der Waals surface area contributed by atoms with Gasteiger partial charge in [-0.3, -0.25) is 4.79 Å². The van der Waals surface area contributed by atoms with E-state index in [1.807, 2.05) is 75.4 Å². The Morgan fingerprint density at radius 2 is 1.80 bits per heavy atom. The van der Waals surface area contributed by atoms with E-state index >= 15 is 0 Å². The third-order valence-electron chi connectivity index (χ3n) is 5.45. The van der Waals surface area contributed by atoms with Crippen LogP contribution in [0.4, 0.5) is 9.93 Å². The van der Waals surface area contributed by atoms with Crippen LogP contribution in [-0.4, -0.2) is 41.7 Å². The van der Waals surface area contributed by atoms with Gasteiger partial charge in [0.05, 0.1) is 5.69 Å². The lowest BCUT2D eigenvalue weighted by atomic mass is 10.1. The van der Waals surface area contributed by atoms with Gasteiger partial charge in [0.1, 0.15) is 22.0 Å². The highest BCUT2D eigenvalue weighted by Gasteiger charge is 2.30. The van der Waals surface area contributed by atoms with Crippen LogP contribution in [0, 0.1) is 0 Å². The molecular formula is C26H30N4O4S. The number of ether oxygens (including phenoxy) is 2. The SMILES string of the molecule is CC(C)(C)OC(=O)NCC1CCCN1c1nc(-c2ccc(Oc3ccccc3)cc2)c(C(N)=O)s1. The number of rotatable bonds is 7. The molecule has 35 heavy (non-hydrogen) atoms. The van der Waals surface area contributed by atoms with Crippen molar-refractivity contribution in [2.45, 2.75) is 45.3 Å². The molecule has 1 fully saturated rings. The smallest absolute Gasteiger partial charge is 0.407 e. The maximum atomic E-state index is 12.2. The molecule has 2 heterocycles. The number of anilines is 1. The van der Waals surface area contributed by atoms with E-state index in [4.69, 9.17) is 20.2 Å². The molecule has 2 aromatic carbocycles. The average Bonchev–Trinajstić information content (AvgIpc) is 3.45. The van der Waals surface area contributed by atoms with Crippen molar-refractivity contribution < 1.29 is 19.1 Å². The molecule has 0 saturated carbocycles. The van der Waals surface area contributed by atoms with Gasteiger partial charge in [-0.2, -0.15) is 0 Å². The molecule has 2 amide bonds. The van der Waals surface area contributed by atoms with Crippen LogP contribution >= 0.6 is 11.3 Å². The number of primary amides is 1. The Morgan fingerprint density at radius 3 is 2.46 bits per heavy atom. The van der Waals surface area contributed by atoms with Crippen LogP contribution < -0.4 is 20.7 Å². The van der Waals surface area contributed by atoms with Crippen molar-refractivity contribution in [3.63, 3.8) is 0 Å². The van der Waals surface area contributed by atoms with E-state index in [9.17, 15) is 9.59 Å². The molecule has 1 atom stereocenters. The molecule has 1 aliphatic heterocycles. The minimum atomic E-state index is -0.554. The molecule has 0 radical (unpaired) electrons. The van der Waals surface area contributed by atoms with Crippen molar-refractivity contribution in [1.29, 1.82) is 0 Å². The van der Waals surface area contributed by atoms with Gasteiger partial charge in [0, 0.05) is 24.7 Å². The molecule has 0 spiro atoms. The van der Waals surface area contributed by atoms with Gasteiger partial charge in [-0.05, 0) is 70.0 Å². The van der Waals surface area contributed by atoms with Crippen molar-refractivity contribution in [2.75, 3.05) is 18.0 Å². The van der Waals surface area contributed by atoms with Crippen LogP contribution in [0.25, 0.3) is 11.3 Å². The van der Waals surface area contributed by atoms with Crippen LogP contribution in [0.15, 0.2) is 54.6 Å². The van der Waals surface area contributed by atoms with E-state index in [0.29, 0.717) is 28.0 Å². The van der Waals surface area contributed by atoms with Crippen LogP contribution in [0.5, 0.6) is 11.5 Å². The van der Waals surface area contributed by atoms with Gasteiger partial charge < -0.3 is 25.4 Å². The molecule has 1 saturated heterocycles. The maximum absolute atomic E-state index is 12.2. The van der Waals surface area contributed by atoms with Crippen LogP contribution in [0.1, 0.15) is 43.3 Å². The fourth-order valence-corrected chi connectivity index (χ4v) is 4.95. The first kappa shape index (κ1) is 24.5. The Morgan fingerprint density at radius 1 is 1.11 bits per heavy atom.